The second kappa shape index (κ2) is 9.54. The number of aryl methyl sites for hydroxylation is 1. The molecule has 2 aromatic rings. The zero-order chi connectivity index (χ0) is 23.8. The Labute approximate surface area is 205 Å². The molecule has 4 nitrogen and oxygen atoms in total. The molecule has 184 valence electrons. The summed E-state index contributed by atoms with van der Waals surface area (Å²) in [6.07, 6.45) is 10.2. The van der Waals surface area contributed by atoms with Crippen LogP contribution in [0.4, 0.5) is 5.69 Å². The number of hydrogen-bond donors (Lipinski definition) is 3. The van der Waals surface area contributed by atoms with Gasteiger partial charge >= 0.3 is 0 Å². The van der Waals surface area contributed by atoms with Crippen molar-refractivity contribution in [1.82, 2.24) is 4.90 Å². The molecule has 2 fully saturated rings. The molecular formula is C30H42N2O2. The smallest absolute Gasteiger partial charge is 0.115 e. The van der Waals surface area contributed by atoms with E-state index in [1.807, 2.05) is 12.1 Å². The van der Waals surface area contributed by atoms with Gasteiger partial charge in [0.25, 0.3) is 0 Å². The molecule has 0 aromatic heterocycles. The van der Waals surface area contributed by atoms with Crippen molar-refractivity contribution in [2.45, 2.75) is 88.2 Å². The molecule has 34 heavy (non-hydrogen) atoms. The van der Waals surface area contributed by atoms with Crippen LogP contribution in [-0.4, -0.2) is 46.9 Å². The summed E-state index contributed by atoms with van der Waals surface area (Å²) >= 11 is 0. The van der Waals surface area contributed by atoms with E-state index in [2.05, 4.69) is 54.5 Å². The number of phenolic OH excluding ortho intramolecular Hbond substituents is 1. The van der Waals surface area contributed by atoms with Gasteiger partial charge in [0.2, 0.25) is 0 Å². The maximum Gasteiger partial charge on any atom is 0.115 e. The van der Waals surface area contributed by atoms with E-state index >= 15 is 0 Å². The van der Waals surface area contributed by atoms with Crippen molar-refractivity contribution >= 4 is 5.69 Å². The largest absolute Gasteiger partial charge is 0.508 e. The number of anilines is 1. The van der Waals surface area contributed by atoms with E-state index < -0.39 is 5.60 Å². The molecule has 0 bridgehead atoms. The van der Waals surface area contributed by atoms with Gasteiger partial charge in [-0.3, -0.25) is 0 Å². The Hall–Kier alpha value is -2.04. The SMILES string of the molecule is CCCC1(O)CC[C@@]2(Cc3cccc(NC4CCN(C)CC4)c3)c3ccc(O)cc3CC[C@@H]2C1. The fourth-order valence-corrected chi connectivity index (χ4v) is 7.30. The topological polar surface area (TPSA) is 55.7 Å². The predicted molar refractivity (Wildman–Crippen MR) is 140 cm³/mol. The Morgan fingerprint density at radius 3 is 2.68 bits per heavy atom. The number of aliphatic hydroxyl groups is 1. The summed E-state index contributed by atoms with van der Waals surface area (Å²) in [5.41, 5.74) is 4.85. The van der Waals surface area contributed by atoms with Crippen molar-refractivity contribution in [2.75, 3.05) is 25.5 Å². The van der Waals surface area contributed by atoms with Crippen LogP contribution in [0.25, 0.3) is 0 Å². The molecule has 2 aromatic carbocycles. The number of fused-ring (bicyclic) bond motifs is 3. The van der Waals surface area contributed by atoms with Crippen LogP contribution in [0.3, 0.4) is 0 Å². The van der Waals surface area contributed by atoms with E-state index in [9.17, 15) is 10.2 Å². The van der Waals surface area contributed by atoms with Gasteiger partial charge in [-0.1, -0.05) is 31.5 Å². The van der Waals surface area contributed by atoms with Crippen molar-refractivity contribution in [2.24, 2.45) is 5.92 Å². The minimum atomic E-state index is -0.519. The second-order valence-electron chi connectivity index (χ2n) is 11.5. The monoisotopic (exact) mass is 462 g/mol. The molecule has 1 aliphatic heterocycles. The lowest BCUT2D eigenvalue weighted by atomic mass is 9.52. The summed E-state index contributed by atoms with van der Waals surface area (Å²) in [5.74, 6) is 0.843. The van der Waals surface area contributed by atoms with Gasteiger partial charge in [-0.25, -0.2) is 0 Å². The summed E-state index contributed by atoms with van der Waals surface area (Å²) in [6, 6.07) is 15.7. The molecule has 0 amide bonds. The number of nitrogens with one attached hydrogen (secondary N) is 1. The van der Waals surface area contributed by atoms with Gasteiger partial charge in [-0.15, -0.1) is 0 Å². The van der Waals surface area contributed by atoms with Gasteiger partial charge in [0.05, 0.1) is 5.60 Å². The van der Waals surface area contributed by atoms with Crippen molar-refractivity contribution in [3.8, 4) is 5.75 Å². The molecule has 1 unspecified atom stereocenters. The fraction of sp³-hybridized carbons (Fsp3) is 0.600. The molecule has 1 saturated heterocycles. The lowest BCUT2D eigenvalue weighted by Gasteiger charge is -2.53. The maximum absolute atomic E-state index is 11.4. The van der Waals surface area contributed by atoms with Gasteiger partial charge in [-0.05, 0) is 125 Å². The molecule has 5 rings (SSSR count). The Kier molecular flexibility index (Phi) is 6.65. The van der Waals surface area contributed by atoms with Crippen LogP contribution in [0.15, 0.2) is 42.5 Å². The number of aromatic hydroxyl groups is 1. The molecule has 0 spiro atoms. The highest BCUT2D eigenvalue weighted by molar-refractivity contribution is 5.49. The van der Waals surface area contributed by atoms with Gasteiger partial charge in [0, 0.05) is 17.1 Å². The van der Waals surface area contributed by atoms with Crippen molar-refractivity contribution < 1.29 is 10.2 Å². The Balaban J connectivity index is 1.43. The third kappa shape index (κ3) is 4.72. The Morgan fingerprint density at radius 1 is 1.06 bits per heavy atom. The highest BCUT2D eigenvalue weighted by Gasteiger charge is 2.51. The average Bonchev–Trinajstić information content (AvgIpc) is 2.81. The third-order valence-electron chi connectivity index (χ3n) is 9.08. The van der Waals surface area contributed by atoms with Gasteiger partial charge < -0.3 is 20.4 Å². The lowest BCUT2D eigenvalue weighted by molar-refractivity contribution is -0.0565. The highest BCUT2D eigenvalue weighted by Crippen LogP contribution is 2.55. The Bertz CT molecular complexity index is 999. The quantitative estimate of drug-likeness (QED) is 0.519. The van der Waals surface area contributed by atoms with Crippen LogP contribution in [0.5, 0.6) is 5.75 Å². The number of benzene rings is 2. The van der Waals surface area contributed by atoms with E-state index in [0.29, 0.717) is 17.7 Å². The number of nitrogens with zero attached hydrogens (tertiary/aromatic N) is 1. The zero-order valence-electron chi connectivity index (χ0n) is 21.0. The standard InChI is InChI=1S/C30H42N2O2/c1-3-13-29(34)14-15-30(24(21-29)8-7-23-19-27(33)9-10-28(23)30)20-22-5-4-6-26(18-22)31-25-11-16-32(2)17-12-25/h4-6,9-10,18-19,24-25,31,33-34H,3,7-8,11-17,20-21H2,1-2H3/t24-,29?,30+/m1/s1. The van der Waals surface area contributed by atoms with Gasteiger partial charge in [0.15, 0.2) is 0 Å². The molecular weight excluding hydrogens is 420 g/mol. The van der Waals surface area contributed by atoms with Crippen LogP contribution < -0.4 is 5.32 Å². The summed E-state index contributed by atoms with van der Waals surface area (Å²) in [6.45, 7) is 4.50. The Morgan fingerprint density at radius 2 is 1.88 bits per heavy atom. The molecule has 0 radical (unpaired) electrons. The van der Waals surface area contributed by atoms with E-state index in [1.165, 1.54) is 35.2 Å². The summed E-state index contributed by atoms with van der Waals surface area (Å²) in [4.78, 5) is 2.41. The lowest BCUT2D eigenvalue weighted by Crippen LogP contribution is -2.51. The normalized spacial score (nSPS) is 29.9. The van der Waals surface area contributed by atoms with Gasteiger partial charge in [0.1, 0.15) is 5.75 Å². The molecule has 1 heterocycles. The molecule has 4 heteroatoms. The first-order valence-electron chi connectivity index (χ1n) is 13.5. The molecule has 2 aliphatic carbocycles. The maximum atomic E-state index is 11.4. The fourth-order valence-electron chi connectivity index (χ4n) is 7.30. The molecule has 1 saturated carbocycles. The first-order valence-corrected chi connectivity index (χ1v) is 13.5. The number of hydrogen-bond acceptors (Lipinski definition) is 4. The third-order valence-corrected chi connectivity index (χ3v) is 9.08. The van der Waals surface area contributed by atoms with Crippen LogP contribution in [0.1, 0.15) is 75.0 Å². The van der Waals surface area contributed by atoms with E-state index in [0.717, 1.165) is 64.5 Å². The minimum absolute atomic E-state index is 0.0351. The van der Waals surface area contributed by atoms with Gasteiger partial charge in [-0.2, -0.15) is 0 Å². The summed E-state index contributed by atoms with van der Waals surface area (Å²) in [7, 11) is 2.21. The molecule has 3 aliphatic rings. The first-order chi connectivity index (χ1) is 16.4. The van der Waals surface area contributed by atoms with Crippen molar-refractivity contribution in [3.63, 3.8) is 0 Å². The molecule has 3 atom stereocenters. The van der Waals surface area contributed by atoms with Crippen LogP contribution in [0, 0.1) is 5.92 Å². The molecule has 3 N–H and O–H groups in total. The van der Waals surface area contributed by atoms with Crippen LogP contribution >= 0.6 is 0 Å². The zero-order valence-corrected chi connectivity index (χ0v) is 21.0. The number of rotatable bonds is 6. The second-order valence-corrected chi connectivity index (χ2v) is 11.5. The van der Waals surface area contributed by atoms with Crippen molar-refractivity contribution in [1.29, 1.82) is 0 Å². The average molecular weight is 463 g/mol. The van der Waals surface area contributed by atoms with E-state index in [1.54, 1.807) is 0 Å². The number of piperidine rings is 1. The summed E-state index contributed by atoms with van der Waals surface area (Å²) in [5, 5.41) is 25.3. The van der Waals surface area contributed by atoms with Crippen molar-refractivity contribution in [3.05, 3.63) is 59.2 Å². The minimum Gasteiger partial charge on any atom is -0.508 e. The summed E-state index contributed by atoms with van der Waals surface area (Å²) < 4.78 is 0. The van der Waals surface area contributed by atoms with E-state index in [-0.39, 0.29) is 5.41 Å². The van der Waals surface area contributed by atoms with E-state index in [4.69, 9.17) is 0 Å². The predicted octanol–water partition coefficient (Wildman–Crippen LogP) is 5.66. The first kappa shape index (κ1) is 23.7. The number of likely N-dealkylation sites (tertiary alicyclic amines) is 1. The van der Waals surface area contributed by atoms with Crippen LogP contribution in [-0.2, 0) is 18.3 Å². The van der Waals surface area contributed by atoms with Crippen LogP contribution in [0.2, 0.25) is 0 Å². The highest BCUT2D eigenvalue weighted by atomic mass is 16.3. The number of phenols is 1.